The van der Waals surface area contributed by atoms with Gasteiger partial charge in [-0.05, 0) is 23.4 Å². The lowest BCUT2D eigenvalue weighted by Gasteiger charge is -2.07. The van der Waals surface area contributed by atoms with Crippen LogP contribution in [0.1, 0.15) is 20.0 Å². The molecule has 2 aromatic heterocycles. The van der Waals surface area contributed by atoms with E-state index in [1.165, 1.54) is 17.6 Å². The number of nitrogens with zero attached hydrogens (tertiary/aromatic N) is 1. The number of carbonyl (C=O) groups excluding carboxylic acids is 2. The molecule has 0 aliphatic carbocycles. The molecule has 1 unspecified atom stereocenters. The summed E-state index contributed by atoms with van der Waals surface area (Å²) in [6, 6.07) is 6.85. The quantitative estimate of drug-likeness (QED) is 0.347. The Morgan fingerprint density at radius 1 is 1.36 bits per heavy atom. The summed E-state index contributed by atoms with van der Waals surface area (Å²) in [5.74, 6) is 2.90. The predicted molar refractivity (Wildman–Crippen MR) is 87.1 cm³/mol. The third-order valence-electron chi connectivity index (χ3n) is 2.62. The number of hydrogen-bond donors (Lipinski definition) is 2. The lowest BCUT2D eigenvalue weighted by atomic mass is 10.2. The summed E-state index contributed by atoms with van der Waals surface area (Å²) in [4.78, 5) is 27.0. The molecular weight excluding hydrogens is 322 g/mol. The van der Waals surface area contributed by atoms with Crippen LogP contribution in [0.3, 0.4) is 0 Å². The minimum absolute atomic E-state index is 0.0231. The molecule has 0 radical (unpaired) electrons. The zero-order chi connectivity index (χ0) is 16.2. The molecule has 0 spiro atoms. The van der Waals surface area contributed by atoms with Gasteiger partial charge in [-0.2, -0.15) is 9.40 Å². The number of carbonyl (C=O) groups is 2. The van der Waals surface area contributed by atoms with Crippen molar-refractivity contribution in [3.05, 3.63) is 52.5 Å². The van der Waals surface area contributed by atoms with Crippen LogP contribution >= 0.6 is 11.3 Å². The van der Waals surface area contributed by atoms with Crippen molar-refractivity contribution in [3.63, 3.8) is 0 Å². The molecule has 2 aromatic rings. The van der Waals surface area contributed by atoms with E-state index in [0.717, 1.165) is 0 Å². The van der Waals surface area contributed by atoms with E-state index in [1.54, 1.807) is 35.2 Å². The molecule has 0 aliphatic heterocycles. The van der Waals surface area contributed by atoms with E-state index in [0.29, 0.717) is 10.4 Å². The Morgan fingerprint density at radius 2 is 2.14 bits per heavy atom. The van der Waals surface area contributed by atoms with Gasteiger partial charge in [-0.3, -0.25) is 19.2 Å². The number of thiophene rings is 1. The van der Waals surface area contributed by atoms with Crippen molar-refractivity contribution in [1.82, 2.24) is 10.3 Å². The van der Waals surface area contributed by atoms with E-state index in [9.17, 15) is 13.8 Å². The van der Waals surface area contributed by atoms with Gasteiger partial charge in [-0.15, -0.1) is 11.3 Å². The third kappa shape index (κ3) is 4.76. The van der Waals surface area contributed by atoms with Crippen LogP contribution in [0.4, 0.5) is 0 Å². The first-order chi connectivity index (χ1) is 10.3. The molecule has 2 rings (SSSR count). The van der Waals surface area contributed by atoms with Gasteiger partial charge in [0.1, 0.15) is 5.56 Å². The molecule has 0 fully saturated rings. The van der Waals surface area contributed by atoms with Crippen LogP contribution in [0.5, 0.6) is 0 Å². The largest absolute Gasteiger partial charge is 0.286 e. The van der Waals surface area contributed by atoms with Gasteiger partial charge in [0.05, 0.1) is 4.88 Å². The predicted octanol–water partition coefficient (Wildman–Crippen LogP) is 0.414. The average molecular weight is 338 g/mol. The maximum absolute atomic E-state index is 12.0. The van der Waals surface area contributed by atoms with E-state index in [2.05, 4.69) is 16.1 Å². The van der Waals surface area contributed by atoms with Gasteiger partial charge in [0, 0.05) is 22.0 Å². The second-order valence-corrected chi connectivity index (χ2v) is 7.89. The Morgan fingerprint density at radius 3 is 2.77 bits per heavy atom. The van der Waals surface area contributed by atoms with Crippen molar-refractivity contribution in [2.24, 2.45) is 0 Å². The second-order valence-electron chi connectivity index (χ2n) is 4.73. The molecular formula is C14H16N3O3S2+. The Labute approximate surface area is 132 Å². The summed E-state index contributed by atoms with van der Waals surface area (Å²) in [6.45, 7) is 0.148. The highest BCUT2D eigenvalue weighted by molar-refractivity contribution is 7.97. The highest BCUT2D eigenvalue weighted by atomic mass is 32.2. The van der Waals surface area contributed by atoms with Crippen molar-refractivity contribution < 1.29 is 18.4 Å². The number of rotatable bonds is 6. The molecule has 0 aromatic carbocycles. The van der Waals surface area contributed by atoms with Gasteiger partial charge < -0.3 is 0 Å². The average Bonchev–Trinajstić information content (AvgIpc) is 2.98. The summed E-state index contributed by atoms with van der Waals surface area (Å²) in [5.41, 5.74) is 2.67. The highest BCUT2D eigenvalue weighted by Crippen LogP contribution is 2.09. The lowest BCUT2D eigenvalue weighted by Crippen LogP contribution is -2.43. The number of aromatic nitrogens is 1. The summed E-state index contributed by atoms with van der Waals surface area (Å²) in [5, 5.41) is 1.84. The van der Waals surface area contributed by atoms with Crippen LogP contribution in [0.2, 0.25) is 0 Å². The highest BCUT2D eigenvalue weighted by Gasteiger charge is 2.15. The first-order valence-corrected chi connectivity index (χ1v) is 9.32. The van der Waals surface area contributed by atoms with Gasteiger partial charge in [0.2, 0.25) is 12.3 Å². The van der Waals surface area contributed by atoms with Crippen molar-refractivity contribution in [1.29, 1.82) is 0 Å². The number of nitrogens with one attached hydrogen (secondary N) is 2. The molecule has 2 N–H and O–H groups in total. The summed E-state index contributed by atoms with van der Waals surface area (Å²) in [6.07, 6.45) is 4.64. The van der Waals surface area contributed by atoms with Crippen LogP contribution in [-0.2, 0) is 16.3 Å². The number of Topliss-reactive ketones (excluding diaryl/α,β-unsaturated/α-hetero) is 1. The van der Waals surface area contributed by atoms with Crippen LogP contribution in [-0.4, -0.2) is 28.0 Å². The third-order valence-corrected chi connectivity index (χ3v) is 4.07. The molecule has 6 nitrogen and oxygen atoms in total. The van der Waals surface area contributed by atoms with Gasteiger partial charge in [0.15, 0.2) is 12.4 Å². The van der Waals surface area contributed by atoms with E-state index in [4.69, 9.17) is 0 Å². The van der Waals surface area contributed by atoms with Gasteiger partial charge in [-0.25, -0.2) is 0 Å². The van der Waals surface area contributed by atoms with Crippen molar-refractivity contribution >= 4 is 38.6 Å². The molecule has 8 heteroatoms. The Hall–Kier alpha value is -2.03. The van der Waals surface area contributed by atoms with E-state index >= 15 is 0 Å². The first kappa shape index (κ1) is 16.3. The number of ketones is 1. The molecule has 0 aliphatic rings. The molecule has 2 heterocycles. The number of hydrogen-bond acceptors (Lipinski definition) is 4. The fourth-order valence-corrected chi connectivity index (χ4v) is 2.63. The molecule has 116 valence electrons. The number of pyridine rings is 1. The first-order valence-electron chi connectivity index (χ1n) is 6.30. The summed E-state index contributed by atoms with van der Waals surface area (Å²) >= 11 is 1.38. The smallest absolute Gasteiger partial charge is 0.272 e. The Bertz CT molecular complexity index is 783. The minimum atomic E-state index is -2.53. The van der Waals surface area contributed by atoms with Crippen molar-refractivity contribution in [2.75, 3.05) is 6.26 Å². The van der Waals surface area contributed by atoms with Gasteiger partial charge in [-0.1, -0.05) is 6.07 Å². The van der Waals surface area contributed by atoms with E-state index < -0.39 is 15.6 Å². The minimum Gasteiger partial charge on any atom is -0.286 e. The van der Waals surface area contributed by atoms with Gasteiger partial charge in [0.25, 0.3) is 5.91 Å². The summed E-state index contributed by atoms with van der Waals surface area (Å²) in [7, 11) is -2.53. The van der Waals surface area contributed by atoms with Crippen LogP contribution < -0.4 is 14.8 Å². The normalized spacial score (nSPS) is 13.3. The Kier molecular flexibility index (Phi) is 5.07. The molecule has 0 saturated carbocycles. The van der Waals surface area contributed by atoms with E-state index in [1.807, 2.05) is 11.4 Å². The van der Waals surface area contributed by atoms with Crippen LogP contribution in [0, 0.1) is 0 Å². The number of hydrazine groups is 1. The van der Waals surface area contributed by atoms with Crippen LogP contribution in [0.25, 0.3) is 0 Å². The topological polar surface area (TPSA) is 79.2 Å². The maximum atomic E-state index is 12.0. The molecule has 0 saturated heterocycles. The van der Waals surface area contributed by atoms with E-state index in [-0.39, 0.29) is 12.3 Å². The fraction of sp³-hybridized carbons (Fsp3) is 0.143. The molecule has 1 atom stereocenters. The maximum Gasteiger partial charge on any atom is 0.272 e. The molecule has 22 heavy (non-hydrogen) atoms. The SMILES string of the molecule is C=S(C)(=O)NNC(=O)c1ccc[n+](CC(=O)c2cccs2)c1. The fourth-order valence-electron chi connectivity index (χ4n) is 1.66. The lowest BCUT2D eigenvalue weighted by molar-refractivity contribution is -0.683. The van der Waals surface area contributed by atoms with Crippen molar-refractivity contribution in [2.45, 2.75) is 6.54 Å². The Balaban J connectivity index is 2.06. The zero-order valence-electron chi connectivity index (χ0n) is 11.9. The second kappa shape index (κ2) is 6.82. The standard InChI is InChI=1S/C14H15N3O3S2/c1-22(2,20)16-15-14(19)11-5-3-7-17(9-11)10-12(18)13-6-4-8-21-13/h3-9H,1,10H2,2H3,(H-,15,16,19,20)/p+1. The molecule has 1 amide bonds. The molecule has 0 bridgehead atoms. The zero-order valence-corrected chi connectivity index (χ0v) is 13.6. The van der Waals surface area contributed by atoms with Gasteiger partial charge >= 0.3 is 0 Å². The monoisotopic (exact) mass is 338 g/mol. The number of amides is 1. The van der Waals surface area contributed by atoms with Crippen molar-refractivity contribution in [3.8, 4) is 0 Å². The van der Waals surface area contributed by atoms with Crippen LogP contribution in [0.15, 0.2) is 42.0 Å². The summed E-state index contributed by atoms with van der Waals surface area (Å²) < 4.78 is 13.0.